The molecule has 0 bridgehead atoms. The molecule has 1 aromatic heterocycles. The Morgan fingerprint density at radius 3 is 2.53 bits per heavy atom. The van der Waals surface area contributed by atoms with Crippen molar-refractivity contribution in [1.82, 2.24) is 10.2 Å². The molecule has 6 heteroatoms. The van der Waals surface area contributed by atoms with Crippen LogP contribution in [0, 0.1) is 0 Å². The first-order valence-electron chi connectivity index (χ1n) is 5.13. The molecule has 6 nitrogen and oxygen atoms in total. The molecule has 0 aliphatic carbocycles. The van der Waals surface area contributed by atoms with Crippen LogP contribution in [0.1, 0.15) is 5.89 Å². The van der Waals surface area contributed by atoms with E-state index < -0.39 is 0 Å². The van der Waals surface area contributed by atoms with E-state index in [0.717, 1.165) is 0 Å². The van der Waals surface area contributed by atoms with Crippen molar-refractivity contribution in [2.45, 2.75) is 6.61 Å². The van der Waals surface area contributed by atoms with Crippen LogP contribution in [0.4, 0.5) is 11.7 Å². The quantitative estimate of drug-likeness (QED) is 0.803. The van der Waals surface area contributed by atoms with Gasteiger partial charge >= 0.3 is 6.01 Å². The average molecular weight is 234 g/mol. The SMILES string of the molecule is CN(C)c1nnc(COc2ccc(N)cc2)o1. The highest BCUT2D eigenvalue weighted by molar-refractivity contribution is 5.41. The summed E-state index contributed by atoms with van der Waals surface area (Å²) in [6.45, 7) is 0.241. The van der Waals surface area contributed by atoms with Crippen molar-refractivity contribution in [1.29, 1.82) is 0 Å². The van der Waals surface area contributed by atoms with E-state index in [1.54, 1.807) is 29.2 Å². The Hall–Kier alpha value is -2.24. The van der Waals surface area contributed by atoms with E-state index in [0.29, 0.717) is 23.3 Å². The Morgan fingerprint density at radius 1 is 1.24 bits per heavy atom. The summed E-state index contributed by atoms with van der Waals surface area (Å²) in [4.78, 5) is 1.74. The molecule has 0 spiro atoms. The highest BCUT2D eigenvalue weighted by atomic mass is 16.5. The third kappa shape index (κ3) is 2.87. The van der Waals surface area contributed by atoms with E-state index in [9.17, 15) is 0 Å². The van der Waals surface area contributed by atoms with Crippen LogP contribution in [0.5, 0.6) is 5.75 Å². The number of aromatic nitrogens is 2. The van der Waals surface area contributed by atoms with Crippen LogP contribution in [0.15, 0.2) is 28.7 Å². The summed E-state index contributed by atoms with van der Waals surface area (Å²) in [6, 6.07) is 7.58. The highest BCUT2D eigenvalue weighted by Gasteiger charge is 2.07. The lowest BCUT2D eigenvalue weighted by atomic mass is 10.3. The smallest absolute Gasteiger partial charge is 0.317 e. The molecule has 0 amide bonds. The molecule has 0 radical (unpaired) electrons. The van der Waals surface area contributed by atoms with Gasteiger partial charge in [-0.1, -0.05) is 5.10 Å². The van der Waals surface area contributed by atoms with Crippen molar-refractivity contribution in [3.05, 3.63) is 30.2 Å². The zero-order chi connectivity index (χ0) is 12.3. The number of anilines is 2. The number of ether oxygens (including phenoxy) is 1. The lowest BCUT2D eigenvalue weighted by Gasteiger charge is -2.04. The number of benzene rings is 1. The maximum Gasteiger partial charge on any atom is 0.317 e. The number of nitrogens with zero attached hydrogens (tertiary/aromatic N) is 3. The minimum atomic E-state index is 0.241. The summed E-state index contributed by atoms with van der Waals surface area (Å²) in [5.41, 5.74) is 6.27. The largest absolute Gasteiger partial charge is 0.484 e. The first-order valence-corrected chi connectivity index (χ1v) is 5.13. The Labute approximate surface area is 99.0 Å². The van der Waals surface area contributed by atoms with Crippen LogP contribution in [-0.2, 0) is 6.61 Å². The fraction of sp³-hybridized carbons (Fsp3) is 0.273. The number of hydrogen-bond acceptors (Lipinski definition) is 6. The van der Waals surface area contributed by atoms with Crippen LogP contribution in [0.25, 0.3) is 0 Å². The third-order valence-electron chi connectivity index (χ3n) is 2.08. The maximum absolute atomic E-state index is 5.57. The van der Waals surface area contributed by atoms with Gasteiger partial charge in [0.2, 0.25) is 0 Å². The molecule has 0 aliphatic rings. The van der Waals surface area contributed by atoms with Crippen LogP contribution in [0.3, 0.4) is 0 Å². The lowest BCUT2D eigenvalue weighted by molar-refractivity contribution is 0.264. The van der Waals surface area contributed by atoms with Gasteiger partial charge in [-0.05, 0) is 24.3 Å². The van der Waals surface area contributed by atoms with Gasteiger partial charge in [-0.15, -0.1) is 5.10 Å². The topological polar surface area (TPSA) is 77.4 Å². The molecular formula is C11H14N4O2. The maximum atomic E-state index is 5.57. The van der Waals surface area contributed by atoms with E-state index in [4.69, 9.17) is 14.9 Å². The molecule has 0 fully saturated rings. The molecular weight excluding hydrogens is 220 g/mol. The normalized spacial score (nSPS) is 10.2. The molecule has 0 atom stereocenters. The summed E-state index contributed by atoms with van der Waals surface area (Å²) < 4.78 is 10.8. The zero-order valence-electron chi connectivity index (χ0n) is 9.75. The van der Waals surface area contributed by atoms with Crippen LogP contribution in [0.2, 0.25) is 0 Å². The van der Waals surface area contributed by atoms with E-state index in [1.807, 2.05) is 14.1 Å². The number of nitrogens with two attached hydrogens (primary N) is 1. The minimum Gasteiger partial charge on any atom is -0.484 e. The van der Waals surface area contributed by atoms with E-state index in [-0.39, 0.29) is 6.61 Å². The van der Waals surface area contributed by atoms with E-state index >= 15 is 0 Å². The second-order valence-corrected chi connectivity index (χ2v) is 3.73. The Balaban J connectivity index is 1.95. The van der Waals surface area contributed by atoms with Gasteiger partial charge in [-0.3, -0.25) is 0 Å². The van der Waals surface area contributed by atoms with Crippen molar-refractivity contribution in [3.8, 4) is 5.75 Å². The summed E-state index contributed by atoms with van der Waals surface area (Å²) in [6.07, 6.45) is 0. The van der Waals surface area contributed by atoms with E-state index in [1.165, 1.54) is 0 Å². The predicted molar refractivity (Wildman–Crippen MR) is 63.8 cm³/mol. The van der Waals surface area contributed by atoms with Crippen LogP contribution < -0.4 is 15.4 Å². The number of nitrogen functional groups attached to an aromatic ring is 1. The number of hydrogen-bond donors (Lipinski definition) is 1. The molecule has 0 unspecified atom stereocenters. The zero-order valence-corrected chi connectivity index (χ0v) is 9.75. The molecule has 0 aliphatic heterocycles. The first kappa shape index (κ1) is 11.3. The van der Waals surface area contributed by atoms with Gasteiger partial charge in [0.15, 0.2) is 6.61 Å². The molecule has 0 saturated heterocycles. The summed E-state index contributed by atoms with van der Waals surface area (Å²) >= 11 is 0. The molecule has 1 aromatic carbocycles. The van der Waals surface area contributed by atoms with Gasteiger partial charge in [0, 0.05) is 19.8 Å². The van der Waals surface area contributed by atoms with E-state index in [2.05, 4.69) is 10.2 Å². The predicted octanol–water partition coefficient (Wildman–Crippen LogP) is 1.30. The monoisotopic (exact) mass is 234 g/mol. The van der Waals surface area contributed by atoms with Crippen molar-refractivity contribution >= 4 is 11.7 Å². The van der Waals surface area contributed by atoms with Gasteiger partial charge < -0.3 is 19.8 Å². The van der Waals surface area contributed by atoms with Gasteiger partial charge in [-0.2, -0.15) is 0 Å². The van der Waals surface area contributed by atoms with Gasteiger partial charge in [0.05, 0.1) is 0 Å². The Bertz CT molecular complexity index is 478. The minimum absolute atomic E-state index is 0.241. The molecule has 90 valence electrons. The third-order valence-corrected chi connectivity index (χ3v) is 2.08. The van der Waals surface area contributed by atoms with Crippen molar-refractivity contribution in [2.24, 2.45) is 0 Å². The fourth-order valence-corrected chi connectivity index (χ4v) is 1.19. The molecule has 0 saturated carbocycles. The Kier molecular flexibility index (Phi) is 3.13. The molecule has 2 aromatic rings. The molecule has 2 rings (SSSR count). The molecule has 1 heterocycles. The highest BCUT2D eigenvalue weighted by Crippen LogP contribution is 2.15. The van der Waals surface area contributed by atoms with Crippen molar-refractivity contribution in [3.63, 3.8) is 0 Å². The Morgan fingerprint density at radius 2 is 1.94 bits per heavy atom. The number of rotatable bonds is 4. The standard InChI is InChI=1S/C11H14N4O2/c1-15(2)11-14-13-10(17-11)7-16-9-5-3-8(12)4-6-9/h3-6H,7,12H2,1-2H3. The van der Waals surface area contributed by atoms with Gasteiger partial charge in [-0.25, -0.2) is 0 Å². The van der Waals surface area contributed by atoms with Crippen LogP contribution in [-0.4, -0.2) is 24.3 Å². The van der Waals surface area contributed by atoms with Crippen LogP contribution >= 0.6 is 0 Å². The lowest BCUT2D eigenvalue weighted by Crippen LogP contribution is -2.08. The van der Waals surface area contributed by atoms with Gasteiger partial charge in [0.25, 0.3) is 5.89 Å². The second kappa shape index (κ2) is 4.73. The summed E-state index contributed by atoms with van der Waals surface area (Å²) in [7, 11) is 3.66. The van der Waals surface area contributed by atoms with Gasteiger partial charge in [0.1, 0.15) is 5.75 Å². The molecule has 17 heavy (non-hydrogen) atoms. The molecule has 2 N–H and O–H groups in total. The summed E-state index contributed by atoms with van der Waals surface area (Å²) in [5, 5.41) is 7.71. The second-order valence-electron chi connectivity index (χ2n) is 3.73. The summed E-state index contributed by atoms with van der Waals surface area (Å²) in [5.74, 6) is 1.15. The van der Waals surface area contributed by atoms with Crippen molar-refractivity contribution < 1.29 is 9.15 Å². The fourth-order valence-electron chi connectivity index (χ4n) is 1.19. The first-order chi connectivity index (χ1) is 8.15. The van der Waals surface area contributed by atoms with Crippen molar-refractivity contribution in [2.75, 3.05) is 24.7 Å². The average Bonchev–Trinajstić information content (AvgIpc) is 2.77.